The van der Waals surface area contributed by atoms with Crippen LogP contribution in [0.25, 0.3) is 16.0 Å². The van der Waals surface area contributed by atoms with E-state index in [9.17, 15) is 9.90 Å². The Morgan fingerprint density at radius 1 is 1.28 bits per heavy atom. The lowest BCUT2D eigenvalue weighted by atomic mass is 10.0. The Labute approximate surface area is 182 Å². The minimum atomic E-state index is -1.09. The number of rotatable bonds is 7. The molecule has 148 valence electrons. The van der Waals surface area contributed by atoms with Gasteiger partial charge < -0.3 is 9.67 Å². The van der Waals surface area contributed by atoms with Crippen LogP contribution in [0.1, 0.15) is 41.6 Å². The van der Waals surface area contributed by atoms with E-state index < -0.39 is 5.97 Å². The standard InChI is InChI=1S/C22H19BrClN3O2/c1-3-4-5-19-26-21(24)20(22(28)29)27(19)13-14-6-8-15(9-7-14)17-12-16(23)10-11-18(17)25-2/h6-12H,3-5,13H2,1H3,(H,28,29). The first-order valence-corrected chi connectivity index (χ1v) is 10.4. The smallest absolute Gasteiger partial charge is 0.355 e. The highest BCUT2D eigenvalue weighted by molar-refractivity contribution is 9.10. The van der Waals surface area contributed by atoms with E-state index in [4.69, 9.17) is 18.2 Å². The second kappa shape index (κ2) is 9.25. The Morgan fingerprint density at radius 3 is 2.62 bits per heavy atom. The molecule has 7 heteroatoms. The second-order valence-corrected chi connectivity index (χ2v) is 7.91. The third kappa shape index (κ3) is 4.69. The third-order valence-electron chi connectivity index (χ3n) is 4.65. The molecule has 0 aliphatic rings. The molecule has 1 N–H and O–H groups in total. The van der Waals surface area contributed by atoms with E-state index in [-0.39, 0.29) is 10.8 Å². The SMILES string of the molecule is [C-]#[N+]c1ccc(Br)cc1-c1ccc(Cn2c(CCCC)nc(Cl)c2C(=O)O)cc1. The van der Waals surface area contributed by atoms with Gasteiger partial charge in [0.1, 0.15) is 5.82 Å². The molecule has 0 unspecified atom stereocenters. The first kappa shape index (κ1) is 21.1. The molecular weight excluding hydrogens is 454 g/mol. The lowest BCUT2D eigenvalue weighted by molar-refractivity contribution is 0.0685. The molecule has 0 spiro atoms. The first-order chi connectivity index (χ1) is 13.9. The maximum absolute atomic E-state index is 11.7. The van der Waals surface area contributed by atoms with Gasteiger partial charge in [0, 0.05) is 17.4 Å². The molecule has 0 aliphatic carbocycles. The average molecular weight is 473 g/mol. The normalized spacial score (nSPS) is 10.7. The zero-order valence-electron chi connectivity index (χ0n) is 15.8. The van der Waals surface area contributed by atoms with E-state index in [1.807, 2.05) is 36.4 Å². The minimum absolute atomic E-state index is 0.0177. The summed E-state index contributed by atoms with van der Waals surface area (Å²) in [6, 6.07) is 13.3. The summed E-state index contributed by atoms with van der Waals surface area (Å²) in [5, 5.41) is 9.59. The van der Waals surface area contributed by atoms with E-state index in [0.29, 0.717) is 24.5 Å². The van der Waals surface area contributed by atoms with Crippen LogP contribution in [-0.4, -0.2) is 20.6 Å². The van der Waals surface area contributed by atoms with Crippen LogP contribution >= 0.6 is 27.5 Å². The molecule has 0 saturated heterocycles. The monoisotopic (exact) mass is 471 g/mol. The van der Waals surface area contributed by atoms with Gasteiger partial charge in [-0.15, -0.1) is 0 Å². The summed E-state index contributed by atoms with van der Waals surface area (Å²) >= 11 is 9.55. The zero-order valence-corrected chi connectivity index (χ0v) is 18.2. The molecule has 3 rings (SSSR count). The molecule has 0 fully saturated rings. The Morgan fingerprint density at radius 2 is 2.00 bits per heavy atom. The van der Waals surface area contributed by atoms with Crippen LogP contribution in [0.3, 0.4) is 0 Å². The van der Waals surface area contributed by atoms with Crippen molar-refractivity contribution in [2.75, 3.05) is 0 Å². The van der Waals surface area contributed by atoms with Crippen molar-refractivity contribution in [1.82, 2.24) is 9.55 Å². The molecule has 0 saturated carbocycles. The number of carbonyl (C=O) groups is 1. The fourth-order valence-corrected chi connectivity index (χ4v) is 3.82. The zero-order chi connectivity index (χ0) is 21.0. The summed E-state index contributed by atoms with van der Waals surface area (Å²) in [6.07, 6.45) is 2.57. The summed E-state index contributed by atoms with van der Waals surface area (Å²) in [5.74, 6) is -0.404. The molecule has 29 heavy (non-hydrogen) atoms. The molecule has 3 aromatic rings. The fourth-order valence-electron chi connectivity index (χ4n) is 3.18. The van der Waals surface area contributed by atoms with Gasteiger partial charge in [0.25, 0.3) is 0 Å². The number of hydrogen-bond donors (Lipinski definition) is 1. The van der Waals surface area contributed by atoms with Gasteiger partial charge in [-0.1, -0.05) is 83.3 Å². The predicted octanol–water partition coefficient (Wildman–Crippen LogP) is 6.61. The molecule has 0 amide bonds. The van der Waals surface area contributed by atoms with Crippen molar-refractivity contribution in [3.63, 3.8) is 0 Å². The van der Waals surface area contributed by atoms with Gasteiger partial charge in [0.05, 0.1) is 6.57 Å². The number of benzene rings is 2. The largest absolute Gasteiger partial charge is 0.476 e. The molecule has 0 bridgehead atoms. The number of hydrogen-bond acceptors (Lipinski definition) is 2. The molecule has 2 aromatic carbocycles. The van der Waals surface area contributed by atoms with Gasteiger partial charge in [-0.05, 0) is 23.1 Å². The molecule has 5 nitrogen and oxygen atoms in total. The minimum Gasteiger partial charge on any atom is -0.476 e. The van der Waals surface area contributed by atoms with Gasteiger partial charge in [-0.3, -0.25) is 0 Å². The number of aryl methyl sites for hydroxylation is 1. The number of halogens is 2. The molecule has 0 aliphatic heterocycles. The Kier molecular flexibility index (Phi) is 6.73. The van der Waals surface area contributed by atoms with E-state index in [1.54, 1.807) is 10.6 Å². The Bertz CT molecular complexity index is 1080. The number of carboxylic acid groups (broad SMARTS) is 1. The lowest BCUT2D eigenvalue weighted by Crippen LogP contribution is -2.13. The van der Waals surface area contributed by atoms with E-state index in [1.165, 1.54) is 0 Å². The molecule has 0 atom stereocenters. The van der Waals surface area contributed by atoms with Gasteiger partial charge in [0.15, 0.2) is 16.5 Å². The highest BCUT2D eigenvalue weighted by atomic mass is 79.9. The summed E-state index contributed by atoms with van der Waals surface area (Å²) in [6.45, 7) is 9.82. The summed E-state index contributed by atoms with van der Waals surface area (Å²) in [7, 11) is 0. The van der Waals surface area contributed by atoms with Crippen molar-refractivity contribution in [1.29, 1.82) is 0 Å². The highest BCUT2D eigenvalue weighted by Gasteiger charge is 2.21. The quantitative estimate of drug-likeness (QED) is 0.394. The van der Waals surface area contributed by atoms with Gasteiger partial charge in [0.2, 0.25) is 0 Å². The number of carboxylic acids is 1. The van der Waals surface area contributed by atoms with Crippen LogP contribution in [0.5, 0.6) is 0 Å². The summed E-state index contributed by atoms with van der Waals surface area (Å²) in [5.41, 5.74) is 3.31. The number of nitrogens with zero attached hydrogens (tertiary/aromatic N) is 3. The van der Waals surface area contributed by atoms with Crippen LogP contribution in [-0.2, 0) is 13.0 Å². The third-order valence-corrected chi connectivity index (χ3v) is 5.40. The van der Waals surface area contributed by atoms with Crippen molar-refractivity contribution in [2.24, 2.45) is 0 Å². The van der Waals surface area contributed by atoms with Gasteiger partial charge >= 0.3 is 5.97 Å². The maximum atomic E-state index is 11.7. The maximum Gasteiger partial charge on any atom is 0.355 e. The van der Waals surface area contributed by atoms with Crippen LogP contribution < -0.4 is 0 Å². The van der Waals surface area contributed by atoms with Crippen molar-refractivity contribution in [3.8, 4) is 11.1 Å². The van der Waals surface area contributed by atoms with Crippen molar-refractivity contribution in [2.45, 2.75) is 32.7 Å². The molecule has 1 aromatic heterocycles. The van der Waals surface area contributed by atoms with Crippen LogP contribution in [0.4, 0.5) is 5.69 Å². The van der Waals surface area contributed by atoms with Crippen molar-refractivity contribution < 1.29 is 9.90 Å². The second-order valence-electron chi connectivity index (χ2n) is 6.63. The fraction of sp³-hybridized carbons (Fsp3) is 0.227. The van der Waals surface area contributed by atoms with E-state index in [2.05, 4.69) is 32.7 Å². The number of unbranched alkanes of at least 4 members (excludes halogenated alkanes) is 1. The molecule has 0 radical (unpaired) electrons. The average Bonchev–Trinajstić information content (AvgIpc) is 3.02. The number of imidazole rings is 1. The van der Waals surface area contributed by atoms with E-state index >= 15 is 0 Å². The van der Waals surface area contributed by atoms with Crippen LogP contribution in [0.15, 0.2) is 46.9 Å². The number of aromatic carboxylic acids is 1. The number of aromatic nitrogens is 2. The van der Waals surface area contributed by atoms with Crippen LogP contribution in [0.2, 0.25) is 5.15 Å². The van der Waals surface area contributed by atoms with Gasteiger partial charge in [-0.2, -0.15) is 0 Å². The lowest BCUT2D eigenvalue weighted by Gasteiger charge is -2.11. The Hall–Kier alpha value is -2.62. The summed E-state index contributed by atoms with van der Waals surface area (Å²) < 4.78 is 2.59. The summed E-state index contributed by atoms with van der Waals surface area (Å²) in [4.78, 5) is 19.5. The van der Waals surface area contributed by atoms with E-state index in [0.717, 1.165) is 34.0 Å². The molecule has 1 heterocycles. The molecular formula is C22H19BrClN3O2. The van der Waals surface area contributed by atoms with Crippen LogP contribution in [0, 0.1) is 6.57 Å². The first-order valence-electron chi connectivity index (χ1n) is 9.19. The van der Waals surface area contributed by atoms with Gasteiger partial charge in [-0.25, -0.2) is 14.6 Å². The van der Waals surface area contributed by atoms with Crippen molar-refractivity contribution >= 4 is 39.2 Å². The predicted molar refractivity (Wildman–Crippen MR) is 118 cm³/mol. The Balaban J connectivity index is 1.94. The van der Waals surface area contributed by atoms with Crippen molar-refractivity contribution in [3.05, 3.63) is 80.6 Å². The highest BCUT2D eigenvalue weighted by Crippen LogP contribution is 2.33. The topological polar surface area (TPSA) is 59.5 Å².